The number of rotatable bonds is 13. The van der Waals surface area contributed by atoms with Crippen molar-refractivity contribution in [3.8, 4) is 0 Å². The van der Waals surface area contributed by atoms with Gasteiger partial charge in [0.05, 0.1) is 26.3 Å². The zero-order chi connectivity index (χ0) is 16.3. The van der Waals surface area contributed by atoms with E-state index in [4.69, 9.17) is 20.7 Å². The monoisotopic (exact) mass is 310 g/mol. The molecule has 0 aliphatic heterocycles. The fourth-order valence-corrected chi connectivity index (χ4v) is 1.79. The van der Waals surface area contributed by atoms with Crippen LogP contribution in [0.25, 0.3) is 0 Å². The largest absolute Gasteiger partial charge is 0.480 e. The molecule has 0 amide bonds. The summed E-state index contributed by atoms with van der Waals surface area (Å²) >= 11 is 0. The van der Waals surface area contributed by atoms with E-state index in [1.165, 1.54) is 4.90 Å². The topological polar surface area (TPSA) is 140 Å². The zero-order valence-electron chi connectivity index (χ0n) is 11.8. The van der Waals surface area contributed by atoms with Crippen LogP contribution in [-0.2, 0) is 19.4 Å². The van der Waals surface area contributed by atoms with E-state index < -0.39 is 11.9 Å². The quantitative estimate of drug-likeness (QED) is 0.250. The molecule has 124 valence electrons. The summed E-state index contributed by atoms with van der Waals surface area (Å²) < 4.78 is 0. The highest BCUT2D eigenvalue weighted by Gasteiger charge is 2.18. The van der Waals surface area contributed by atoms with Crippen LogP contribution in [0.5, 0.6) is 0 Å². The van der Waals surface area contributed by atoms with Crippen molar-refractivity contribution >= 4 is 11.9 Å². The number of carboxylic acids is 2. The van der Waals surface area contributed by atoms with Gasteiger partial charge in [-0.15, -0.1) is 0 Å². The molecule has 21 heavy (non-hydrogen) atoms. The molecule has 0 heterocycles. The van der Waals surface area contributed by atoms with Gasteiger partial charge in [0.15, 0.2) is 0 Å². The molecule has 1 atom stereocenters. The Hall–Kier alpha value is -1.30. The third kappa shape index (κ3) is 10.1. The van der Waals surface area contributed by atoms with Gasteiger partial charge in [-0.05, 0) is 6.92 Å². The Labute approximate surface area is 121 Å². The van der Waals surface area contributed by atoms with Crippen molar-refractivity contribution in [2.75, 3.05) is 45.9 Å². The summed E-state index contributed by atoms with van der Waals surface area (Å²) in [5, 5.41) is 34.3. The normalized spacial score (nSPS) is 12.8. The van der Waals surface area contributed by atoms with Crippen molar-refractivity contribution < 1.29 is 40.1 Å². The van der Waals surface area contributed by atoms with Gasteiger partial charge in [0.1, 0.15) is 0 Å². The van der Waals surface area contributed by atoms with E-state index in [0.717, 1.165) is 0 Å². The number of aliphatic carboxylic acids is 2. The van der Waals surface area contributed by atoms with Gasteiger partial charge >= 0.3 is 11.9 Å². The van der Waals surface area contributed by atoms with Crippen LogP contribution in [0.15, 0.2) is 0 Å². The molecular weight excluding hydrogens is 288 g/mol. The fraction of sp³-hybridized carbons (Fsp3) is 0.818. The Morgan fingerprint density at radius 2 is 1.57 bits per heavy atom. The first-order valence-corrected chi connectivity index (χ1v) is 6.33. The molecule has 0 aliphatic rings. The van der Waals surface area contributed by atoms with Crippen LogP contribution >= 0.6 is 0 Å². The van der Waals surface area contributed by atoms with Crippen LogP contribution in [0, 0.1) is 0 Å². The van der Waals surface area contributed by atoms with Gasteiger partial charge in [0, 0.05) is 25.7 Å². The Balaban J connectivity index is 4.49. The van der Waals surface area contributed by atoms with E-state index in [1.54, 1.807) is 11.8 Å². The van der Waals surface area contributed by atoms with Gasteiger partial charge in [-0.2, -0.15) is 0 Å². The van der Waals surface area contributed by atoms with Crippen LogP contribution in [0.1, 0.15) is 6.92 Å². The van der Waals surface area contributed by atoms with Crippen LogP contribution in [0.4, 0.5) is 0 Å². The van der Waals surface area contributed by atoms with Crippen LogP contribution in [0.3, 0.4) is 0 Å². The molecule has 0 fully saturated rings. The molecule has 0 spiro atoms. The lowest BCUT2D eigenvalue weighted by atomic mass is 10.3. The van der Waals surface area contributed by atoms with E-state index in [0.29, 0.717) is 13.1 Å². The van der Waals surface area contributed by atoms with Gasteiger partial charge in [-0.3, -0.25) is 29.9 Å². The zero-order valence-corrected chi connectivity index (χ0v) is 11.8. The maximum atomic E-state index is 10.7. The standard InChI is InChI=1S/C11H22N2O8/c1-9(8-21-19)13(4-5-20-18)3-2-12(6-10(14)15)7-11(16)17/h9,18-19H,2-8H2,1H3,(H,14,15)(H,16,17). The highest BCUT2D eigenvalue weighted by atomic mass is 17.1. The Morgan fingerprint density at radius 1 is 1.00 bits per heavy atom. The molecular formula is C11H22N2O8. The molecule has 0 saturated heterocycles. The number of hydrogen-bond acceptors (Lipinski definition) is 8. The van der Waals surface area contributed by atoms with Gasteiger partial charge < -0.3 is 10.2 Å². The van der Waals surface area contributed by atoms with Crippen molar-refractivity contribution in [1.82, 2.24) is 9.80 Å². The first-order chi connectivity index (χ1) is 9.90. The third-order valence-electron chi connectivity index (χ3n) is 2.83. The van der Waals surface area contributed by atoms with E-state index in [2.05, 4.69) is 9.78 Å². The lowest BCUT2D eigenvalue weighted by molar-refractivity contribution is -0.257. The summed E-state index contributed by atoms with van der Waals surface area (Å²) in [5.41, 5.74) is 0. The smallest absolute Gasteiger partial charge is 0.317 e. The Kier molecular flexibility index (Phi) is 10.7. The summed E-state index contributed by atoms with van der Waals surface area (Å²) in [6.45, 7) is 1.86. The lowest BCUT2D eigenvalue weighted by Crippen LogP contribution is -2.45. The molecule has 4 N–H and O–H groups in total. The molecule has 0 aliphatic carbocycles. The summed E-state index contributed by atoms with van der Waals surface area (Å²) in [6.07, 6.45) is 0. The summed E-state index contributed by atoms with van der Waals surface area (Å²) in [4.78, 5) is 32.5. The van der Waals surface area contributed by atoms with Gasteiger partial charge in [0.25, 0.3) is 0 Å². The highest BCUT2D eigenvalue weighted by Crippen LogP contribution is 2.01. The Morgan fingerprint density at radius 3 is 2.00 bits per heavy atom. The van der Waals surface area contributed by atoms with E-state index in [1.807, 2.05) is 0 Å². The van der Waals surface area contributed by atoms with Crippen LogP contribution < -0.4 is 0 Å². The van der Waals surface area contributed by atoms with Crippen molar-refractivity contribution in [1.29, 1.82) is 0 Å². The summed E-state index contributed by atoms with van der Waals surface area (Å²) in [7, 11) is 0. The molecule has 0 aromatic heterocycles. The molecule has 0 aromatic rings. The molecule has 10 heteroatoms. The molecule has 0 rings (SSSR count). The minimum Gasteiger partial charge on any atom is -0.480 e. The van der Waals surface area contributed by atoms with Crippen molar-refractivity contribution in [3.63, 3.8) is 0 Å². The predicted molar refractivity (Wildman–Crippen MR) is 69.9 cm³/mol. The lowest BCUT2D eigenvalue weighted by Gasteiger charge is -2.29. The second kappa shape index (κ2) is 11.4. The SMILES string of the molecule is CC(COO)N(CCOO)CCN(CC(=O)O)CC(=O)O. The molecule has 0 aromatic carbocycles. The molecule has 10 nitrogen and oxygen atoms in total. The van der Waals surface area contributed by atoms with Crippen LogP contribution in [0.2, 0.25) is 0 Å². The minimum atomic E-state index is -1.12. The maximum Gasteiger partial charge on any atom is 0.317 e. The average molecular weight is 310 g/mol. The first kappa shape index (κ1) is 19.7. The Bertz CT molecular complexity index is 299. The molecule has 0 bridgehead atoms. The fourth-order valence-electron chi connectivity index (χ4n) is 1.79. The van der Waals surface area contributed by atoms with Gasteiger partial charge in [-0.1, -0.05) is 0 Å². The maximum absolute atomic E-state index is 10.7. The predicted octanol–water partition coefficient (Wildman–Crippen LogP) is -0.873. The molecule has 0 radical (unpaired) electrons. The average Bonchev–Trinajstić information content (AvgIpc) is 2.37. The summed E-state index contributed by atoms with van der Waals surface area (Å²) in [5.74, 6) is -2.23. The first-order valence-electron chi connectivity index (χ1n) is 6.33. The van der Waals surface area contributed by atoms with E-state index in [-0.39, 0.29) is 38.9 Å². The van der Waals surface area contributed by atoms with Gasteiger partial charge in [-0.25, -0.2) is 9.78 Å². The van der Waals surface area contributed by atoms with E-state index in [9.17, 15) is 9.59 Å². The van der Waals surface area contributed by atoms with Crippen molar-refractivity contribution in [2.24, 2.45) is 0 Å². The minimum absolute atomic E-state index is 0.0172. The highest BCUT2D eigenvalue weighted by molar-refractivity contribution is 5.72. The number of nitrogens with zero attached hydrogens (tertiary/aromatic N) is 2. The van der Waals surface area contributed by atoms with Crippen molar-refractivity contribution in [3.05, 3.63) is 0 Å². The second-order valence-corrected chi connectivity index (χ2v) is 4.51. The van der Waals surface area contributed by atoms with Crippen molar-refractivity contribution in [2.45, 2.75) is 13.0 Å². The second-order valence-electron chi connectivity index (χ2n) is 4.51. The number of carbonyl (C=O) groups is 2. The molecule has 0 saturated carbocycles. The third-order valence-corrected chi connectivity index (χ3v) is 2.83. The molecule has 1 unspecified atom stereocenters. The summed E-state index contributed by atoms with van der Waals surface area (Å²) in [6, 6.07) is -0.221. The van der Waals surface area contributed by atoms with Gasteiger partial charge in [0.2, 0.25) is 0 Å². The number of carboxylic acid groups (broad SMARTS) is 2. The number of hydrogen-bond donors (Lipinski definition) is 4. The van der Waals surface area contributed by atoms with Crippen LogP contribution in [-0.4, -0.2) is 94.4 Å². The van der Waals surface area contributed by atoms with E-state index >= 15 is 0 Å².